The van der Waals surface area contributed by atoms with Crippen molar-refractivity contribution >= 4 is 11.8 Å². The Kier molecular flexibility index (Phi) is 4.30. The second-order valence-electron chi connectivity index (χ2n) is 7.53. The summed E-state index contributed by atoms with van der Waals surface area (Å²) in [6.45, 7) is 3.06. The Morgan fingerprint density at radius 2 is 1.54 bits per heavy atom. The lowest BCUT2D eigenvalue weighted by Crippen LogP contribution is -2.42. The molecule has 1 aliphatic carbocycles. The first-order valence-corrected chi connectivity index (χ1v) is 9.36. The third-order valence-electron chi connectivity index (χ3n) is 5.77. The van der Waals surface area contributed by atoms with Crippen LogP contribution in [0.25, 0.3) is 0 Å². The molecule has 1 aromatic rings. The zero-order chi connectivity index (χ0) is 16.5. The molecular weight excluding hydrogens is 300 g/mol. The van der Waals surface area contributed by atoms with Gasteiger partial charge in [-0.15, -0.1) is 0 Å². The second-order valence-corrected chi connectivity index (χ2v) is 7.53. The molecule has 24 heavy (non-hydrogen) atoms. The highest BCUT2D eigenvalue weighted by Gasteiger charge is 2.44. The van der Waals surface area contributed by atoms with Gasteiger partial charge in [-0.1, -0.05) is 30.3 Å². The normalized spacial score (nSPS) is 27.3. The number of hydrogen-bond donors (Lipinski definition) is 0. The Morgan fingerprint density at radius 3 is 2.21 bits per heavy atom. The molecule has 3 aliphatic rings. The topological polar surface area (TPSA) is 40.6 Å². The van der Waals surface area contributed by atoms with Gasteiger partial charge in [0.1, 0.15) is 0 Å². The first-order chi connectivity index (χ1) is 11.7. The molecule has 2 heterocycles. The lowest BCUT2D eigenvalue weighted by molar-refractivity contribution is -0.137. The molecule has 2 aliphatic heterocycles. The smallest absolute Gasteiger partial charge is 0.228 e. The van der Waals surface area contributed by atoms with Crippen molar-refractivity contribution in [2.75, 3.05) is 26.2 Å². The Hall–Kier alpha value is -1.84. The SMILES string of the molecule is O=C(C1CC1)N1CC(C(=O)N2CCCCC2)C(c2ccccc2)C1. The van der Waals surface area contributed by atoms with E-state index in [1.54, 1.807) is 0 Å². The molecule has 128 valence electrons. The van der Waals surface area contributed by atoms with Crippen molar-refractivity contribution in [3.05, 3.63) is 35.9 Å². The lowest BCUT2D eigenvalue weighted by Gasteiger charge is -2.30. The van der Waals surface area contributed by atoms with Crippen LogP contribution >= 0.6 is 0 Å². The maximum Gasteiger partial charge on any atom is 0.228 e. The zero-order valence-corrected chi connectivity index (χ0v) is 14.2. The molecule has 0 radical (unpaired) electrons. The Labute approximate surface area is 143 Å². The van der Waals surface area contributed by atoms with Gasteiger partial charge < -0.3 is 9.80 Å². The van der Waals surface area contributed by atoms with Gasteiger partial charge in [0, 0.05) is 38.0 Å². The van der Waals surface area contributed by atoms with Gasteiger partial charge in [-0.05, 0) is 37.7 Å². The minimum absolute atomic E-state index is 0.0757. The summed E-state index contributed by atoms with van der Waals surface area (Å²) in [5.41, 5.74) is 1.19. The quantitative estimate of drug-likeness (QED) is 0.857. The largest absolute Gasteiger partial charge is 0.342 e. The van der Waals surface area contributed by atoms with Crippen LogP contribution in [0.2, 0.25) is 0 Å². The highest BCUT2D eigenvalue weighted by molar-refractivity contribution is 5.85. The van der Waals surface area contributed by atoms with Gasteiger partial charge in [0.2, 0.25) is 11.8 Å². The van der Waals surface area contributed by atoms with E-state index < -0.39 is 0 Å². The average molecular weight is 326 g/mol. The molecule has 2 unspecified atom stereocenters. The van der Waals surface area contributed by atoms with E-state index in [9.17, 15) is 9.59 Å². The summed E-state index contributed by atoms with van der Waals surface area (Å²) in [6, 6.07) is 10.3. The second kappa shape index (κ2) is 6.58. The monoisotopic (exact) mass is 326 g/mol. The van der Waals surface area contributed by atoms with E-state index in [0.29, 0.717) is 13.1 Å². The summed E-state index contributed by atoms with van der Waals surface area (Å²) in [5, 5.41) is 0. The summed E-state index contributed by atoms with van der Waals surface area (Å²) in [5.74, 6) is 0.821. The predicted molar refractivity (Wildman–Crippen MR) is 92.4 cm³/mol. The molecule has 4 rings (SSSR count). The van der Waals surface area contributed by atoms with Crippen molar-refractivity contribution in [2.45, 2.75) is 38.0 Å². The number of amides is 2. The zero-order valence-electron chi connectivity index (χ0n) is 14.2. The minimum atomic E-state index is -0.0757. The molecule has 4 nitrogen and oxygen atoms in total. The van der Waals surface area contributed by atoms with Crippen molar-refractivity contribution in [3.63, 3.8) is 0 Å². The summed E-state index contributed by atoms with van der Waals surface area (Å²) in [4.78, 5) is 29.7. The number of hydrogen-bond acceptors (Lipinski definition) is 2. The molecule has 3 fully saturated rings. The Balaban J connectivity index is 1.55. The molecule has 2 amide bonds. The Bertz CT molecular complexity index is 605. The van der Waals surface area contributed by atoms with Crippen LogP contribution in [0.5, 0.6) is 0 Å². The van der Waals surface area contributed by atoms with E-state index in [2.05, 4.69) is 12.1 Å². The van der Waals surface area contributed by atoms with E-state index in [4.69, 9.17) is 0 Å². The first-order valence-electron chi connectivity index (χ1n) is 9.36. The van der Waals surface area contributed by atoms with Crippen LogP contribution in [0, 0.1) is 11.8 Å². The molecule has 0 N–H and O–H groups in total. The Morgan fingerprint density at radius 1 is 0.833 bits per heavy atom. The van der Waals surface area contributed by atoms with E-state index in [0.717, 1.165) is 38.8 Å². The number of piperidine rings is 1. The molecular formula is C20H26N2O2. The fraction of sp³-hybridized carbons (Fsp3) is 0.600. The van der Waals surface area contributed by atoms with Gasteiger partial charge >= 0.3 is 0 Å². The molecule has 2 saturated heterocycles. The minimum Gasteiger partial charge on any atom is -0.342 e. The number of nitrogens with zero attached hydrogens (tertiary/aromatic N) is 2. The van der Waals surface area contributed by atoms with Crippen molar-refractivity contribution in [2.24, 2.45) is 11.8 Å². The maximum atomic E-state index is 13.1. The fourth-order valence-corrected chi connectivity index (χ4v) is 4.21. The van der Waals surface area contributed by atoms with Crippen molar-refractivity contribution < 1.29 is 9.59 Å². The standard InChI is InChI=1S/C20H26N2O2/c23-19(16-9-10-16)22-13-17(15-7-3-1-4-8-15)18(14-22)20(24)21-11-5-2-6-12-21/h1,3-4,7-8,16-18H,2,5-6,9-14H2. The lowest BCUT2D eigenvalue weighted by atomic mass is 9.87. The highest BCUT2D eigenvalue weighted by atomic mass is 16.2. The van der Waals surface area contributed by atoms with Crippen LogP contribution in [0.1, 0.15) is 43.6 Å². The van der Waals surface area contributed by atoms with Gasteiger partial charge in [0.05, 0.1) is 5.92 Å². The summed E-state index contributed by atoms with van der Waals surface area (Å²) in [7, 11) is 0. The fourth-order valence-electron chi connectivity index (χ4n) is 4.21. The molecule has 2 atom stereocenters. The van der Waals surface area contributed by atoms with Gasteiger partial charge in [0.25, 0.3) is 0 Å². The van der Waals surface area contributed by atoms with Crippen LogP contribution in [0.15, 0.2) is 30.3 Å². The van der Waals surface area contributed by atoms with Crippen LogP contribution in [-0.2, 0) is 9.59 Å². The molecule has 0 spiro atoms. The van der Waals surface area contributed by atoms with Crippen molar-refractivity contribution in [1.29, 1.82) is 0 Å². The van der Waals surface area contributed by atoms with Crippen molar-refractivity contribution in [1.82, 2.24) is 9.80 Å². The maximum absolute atomic E-state index is 13.1. The number of likely N-dealkylation sites (tertiary alicyclic amines) is 2. The number of carbonyl (C=O) groups is 2. The van der Waals surface area contributed by atoms with Gasteiger partial charge in [-0.25, -0.2) is 0 Å². The predicted octanol–water partition coefficient (Wildman–Crippen LogP) is 2.65. The summed E-state index contributed by atoms with van der Waals surface area (Å²) in [6.07, 6.45) is 5.49. The van der Waals surface area contributed by atoms with E-state index in [1.165, 1.54) is 12.0 Å². The molecule has 1 aromatic carbocycles. The van der Waals surface area contributed by atoms with Crippen LogP contribution < -0.4 is 0 Å². The van der Waals surface area contributed by atoms with Gasteiger partial charge in [-0.2, -0.15) is 0 Å². The average Bonchev–Trinajstić information content (AvgIpc) is 3.40. The third-order valence-corrected chi connectivity index (χ3v) is 5.77. The van der Waals surface area contributed by atoms with E-state index >= 15 is 0 Å². The number of benzene rings is 1. The van der Waals surface area contributed by atoms with Gasteiger partial charge in [0.15, 0.2) is 0 Å². The van der Waals surface area contributed by atoms with Crippen LogP contribution in [0.3, 0.4) is 0 Å². The van der Waals surface area contributed by atoms with Gasteiger partial charge in [-0.3, -0.25) is 9.59 Å². The highest BCUT2D eigenvalue weighted by Crippen LogP contribution is 2.38. The number of carbonyl (C=O) groups excluding carboxylic acids is 2. The molecule has 0 aromatic heterocycles. The van der Waals surface area contributed by atoms with E-state index in [1.807, 2.05) is 28.0 Å². The van der Waals surface area contributed by atoms with Crippen molar-refractivity contribution in [3.8, 4) is 0 Å². The number of rotatable bonds is 3. The third kappa shape index (κ3) is 3.06. The van der Waals surface area contributed by atoms with Crippen LogP contribution in [-0.4, -0.2) is 47.8 Å². The summed E-state index contributed by atoms with van der Waals surface area (Å²) >= 11 is 0. The molecule has 4 heteroatoms. The first kappa shape index (κ1) is 15.7. The van der Waals surface area contributed by atoms with E-state index in [-0.39, 0.29) is 29.6 Å². The molecule has 1 saturated carbocycles. The van der Waals surface area contributed by atoms with Crippen LogP contribution in [0.4, 0.5) is 0 Å². The molecule has 0 bridgehead atoms. The summed E-state index contributed by atoms with van der Waals surface area (Å²) < 4.78 is 0.